The summed E-state index contributed by atoms with van der Waals surface area (Å²) in [4.78, 5) is 4.94. The molecule has 1 fully saturated rings. The third-order valence-corrected chi connectivity index (χ3v) is 8.30. The van der Waals surface area contributed by atoms with Gasteiger partial charge in [0.05, 0.1) is 14.2 Å². The Balaban J connectivity index is 0.00000202. The summed E-state index contributed by atoms with van der Waals surface area (Å²) in [6, 6.07) is 22.2. The molecule has 4 heterocycles. The number of hydrogen-bond donors (Lipinski definition) is 0. The normalized spacial score (nSPS) is 14.3. The Morgan fingerprint density at radius 1 is 0.595 bits per heavy atom. The van der Waals surface area contributed by atoms with E-state index in [2.05, 4.69) is 104 Å². The third-order valence-electron chi connectivity index (χ3n) is 8.30. The Morgan fingerprint density at radius 3 is 1.57 bits per heavy atom. The Kier molecular flexibility index (Phi) is 11.3. The highest BCUT2D eigenvalue weighted by Gasteiger charge is 2.20. The maximum absolute atomic E-state index is 5.53. The maximum atomic E-state index is 5.53. The van der Waals surface area contributed by atoms with Crippen LogP contribution < -0.4 is 62.4 Å². The van der Waals surface area contributed by atoms with Gasteiger partial charge in [0.15, 0.2) is 49.4 Å². The minimum Gasteiger partial charge on any atom is -1.00 e. The molecule has 0 N–H and O–H groups in total. The fraction of sp³-hybridized carbons (Fsp3) is 0.353. The van der Waals surface area contributed by atoms with Crippen LogP contribution in [0.5, 0.6) is 11.5 Å². The summed E-state index contributed by atoms with van der Waals surface area (Å²) in [5, 5.41) is 0. The lowest BCUT2D eigenvalue weighted by Gasteiger charge is -2.31. The fourth-order valence-electron chi connectivity index (χ4n) is 5.96. The number of pyridine rings is 2. The minimum atomic E-state index is 0. The van der Waals surface area contributed by atoms with Gasteiger partial charge in [0.2, 0.25) is 0 Å². The molecule has 0 unspecified atom stereocenters. The number of ether oxygens (including phenoxy) is 2. The van der Waals surface area contributed by atoms with Crippen molar-refractivity contribution in [2.24, 2.45) is 0 Å². The zero-order valence-corrected chi connectivity index (χ0v) is 27.7. The Labute approximate surface area is 271 Å². The number of methoxy groups -OCH3 is 2. The summed E-state index contributed by atoms with van der Waals surface area (Å²) in [6.45, 7) is 5.99. The molecule has 2 aliphatic rings. The summed E-state index contributed by atoms with van der Waals surface area (Å²) in [6.07, 6.45) is 13.8. The first-order valence-electron chi connectivity index (χ1n) is 14.5. The van der Waals surface area contributed by atoms with Crippen molar-refractivity contribution in [1.29, 1.82) is 0 Å². The van der Waals surface area contributed by atoms with Crippen LogP contribution in [0.3, 0.4) is 0 Å². The number of rotatable bonds is 8. The molecular weight excluding hydrogens is 656 g/mol. The van der Waals surface area contributed by atoms with E-state index in [0.29, 0.717) is 0 Å². The van der Waals surface area contributed by atoms with Crippen LogP contribution in [0.4, 0.5) is 11.4 Å². The van der Waals surface area contributed by atoms with Crippen molar-refractivity contribution in [2.75, 3.05) is 43.7 Å². The smallest absolute Gasteiger partial charge is 0.173 e. The quantitative estimate of drug-likeness (QED) is 0.220. The van der Waals surface area contributed by atoms with Crippen molar-refractivity contribution in [2.45, 2.75) is 45.3 Å². The zero-order chi connectivity index (χ0) is 27.3. The molecule has 42 heavy (non-hydrogen) atoms. The van der Waals surface area contributed by atoms with E-state index in [9.17, 15) is 0 Å². The minimum absolute atomic E-state index is 0. The molecule has 2 aromatic heterocycles. The van der Waals surface area contributed by atoms with E-state index >= 15 is 0 Å². The average molecular weight is 697 g/mol. The fourth-order valence-corrected chi connectivity index (χ4v) is 5.96. The third kappa shape index (κ3) is 7.45. The highest BCUT2D eigenvalue weighted by molar-refractivity contribution is 5.53. The lowest BCUT2D eigenvalue weighted by molar-refractivity contribution is -0.688. The van der Waals surface area contributed by atoms with E-state index in [-0.39, 0.29) is 34.0 Å². The summed E-state index contributed by atoms with van der Waals surface area (Å²) in [5.41, 5.74) is 7.86. The first kappa shape index (κ1) is 31.8. The number of fused-ring (bicyclic) bond motifs is 1. The zero-order valence-electron chi connectivity index (χ0n) is 24.5. The van der Waals surface area contributed by atoms with Crippen LogP contribution in [-0.2, 0) is 26.1 Å². The van der Waals surface area contributed by atoms with Crippen LogP contribution in [0.25, 0.3) is 0 Å². The van der Waals surface area contributed by atoms with Gasteiger partial charge in [-0.3, -0.25) is 0 Å². The molecular formula is C34H40Br2N4O2. The molecule has 0 bridgehead atoms. The SMILES string of the molecule is COc1cc2c(cc1OC)CN(c1cc[n+](Cc3ccc(C[n+]4ccc(N5CCCCC5)cc4)cc3)cc1)CC2.[Br-].[Br-]. The molecule has 222 valence electrons. The Hall–Kier alpha value is -3.10. The van der Waals surface area contributed by atoms with Gasteiger partial charge in [0, 0.05) is 72.9 Å². The number of anilines is 2. The van der Waals surface area contributed by atoms with Crippen molar-refractivity contribution in [3.63, 3.8) is 0 Å². The number of nitrogens with zero attached hydrogens (tertiary/aromatic N) is 4. The molecule has 0 amide bonds. The first-order chi connectivity index (χ1) is 19.7. The van der Waals surface area contributed by atoms with E-state index in [4.69, 9.17) is 9.47 Å². The van der Waals surface area contributed by atoms with Crippen molar-refractivity contribution in [3.8, 4) is 11.5 Å². The molecule has 2 aliphatic heterocycles. The molecule has 0 aliphatic carbocycles. The average Bonchev–Trinajstić information content (AvgIpc) is 3.02. The van der Waals surface area contributed by atoms with E-state index in [1.807, 2.05) is 0 Å². The van der Waals surface area contributed by atoms with E-state index in [1.54, 1.807) is 14.2 Å². The van der Waals surface area contributed by atoms with Gasteiger partial charge in [-0.15, -0.1) is 0 Å². The van der Waals surface area contributed by atoms with Crippen LogP contribution in [0.1, 0.15) is 41.5 Å². The van der Waals surface area contributed by atoms with Crippen molar-refractivity contribution < 1.29 is 52.6 Å². The van der Waals surface area contributed by atoms with Crippen LogP contribution >= 0.6 is 0 Å². The molecule has 0 saturated carbocycles. The molecule has 0 radical (unpaired) electrons. The van der Waals surface area contributed by atoms with Gasteiger partial charge in [-0.25, -0.2) is 9.13 Å². The maximum Gasteiger partial charge on any atom is 0.173 e. The highest BCUT2D eigenvalue weighted by Crippen LogP contribution is 2.34. The second-order valence-corrected chi connectivity index (χ2v) is 11.0. The van der Waals surface area contributed by atoms with Gasteiger partial charge in [-0.1, -0.05) is 24.3 Å². The van der Waals surface area contributed by atoms with Gasteiger partial charge < -0.3 is 53.2 Å². The predicted octanol–water partition coefficient (Wildman–Crippen LogP) is -1.06. The second-order valence-electron chi connectivity index (χ2n) is 11.0. The number of halogens is 2. The van der Waals surface area contributed by atoms with Gasteiger partial charge in [0.1, 0.15) is 0 Å². The molecule has 6 nitrogen and oxygen atoms in total. The van der Waals surface area contributed by atoms with Crippen LogP contribution in [0, 0.1) is 0 Å². The lowest BCUT2D eigenvalue weighted by Crippen LogP contribution is -3.00. The van der Waals surface area contributed by atoms with Crippen LogP contribution in [-0.4, -0.2) is 33.9 Å². The molecule has 6 rings (SSSR count). The van der Waals surface area contributed by atoms with E-state index in [0.717, 1.165) is 44.1 Å². The molecule has 0 atom stereocenters. The molecule has 2 aromatic carbocycles. The summed E-state index contributed by atoms with van der Waals surface area (Å²) >= 11 is 0. The number of hydrogen-bond acceptors (Lipinski definition) is 4. The number of aromatic nitrogens is 2. The predicted molar refractivity (Wildman–Crippen MR) is 158 cm³/mol. The molecule has 1 saturated heterocycles. The van der Waals surface area contributed by atoms with Crippen LogP contribution in [0.2, 0.25) is 0 Å². The largest absolute Gasteiger partial charge is 1.00 e. The van der Waals surface area contributed by atoms with Gasteiger partial charge >= 0.3 is 0 Å². The standard InChI is InChI=1S/C34H40N4O2.2BrH/c1-39-33-22-29-10-21-38(26-30(29)23-34(33)40-2)32-13-19-36(20-14-32)25-28-8-6-27(7-9-28)24-35-17-11-31(12-18-35)37-15-4-3-5-16-37;;/h6-9,11-14,17-20,22-23H,3-5,10,15-16,21,24-26H2,1-2H3;2*1H/q+2;;/p-2. The lowest BCUT2D eigenvalue weighted by atomic mass is 9.98. The van der Waals surface area contributed by atoms with Gasteiger partial charge in [0.25, 0.3) is 0 Å². The first-order valence-corrected chi connectivity index (χ1v) is 14.5. The second kappa shape index (κ2) is 14.9. The number of benzene rings is 2. The summed E-state index contributed by atoms with van der Waals surface area (Å²) in [5.74, 6) is 1.61. The van der Waals surface area contributed by atoms with Crippen LogP contribution in [0.15, 0.2) is 85.5 Å². The van der Waals surface area contributed by atoms with Gasteiger partial charge in [-0.2, -0.15) is 0 Å². The number of piperidine rings is 1. The monoisotopic (exact) mass is 694 g/mol. The van der Waals surface area contributed by atoms with E-state index in [1.165, 1.54) is 66.0 Å². The Bertz CT molecular complexity index is 1420. The Morgan fingerprint density at radius 2 is 1.07 bits per heavy atom. The molecule has 0 spiro atoms. The van der Waals surface area contributed by atoms with Crippen molar-refractivity contribution in [1.82, 2.24) is 0 Å². The van der Waals surface area contributed by atoms with Crippen molar-refractivity contribution in [3.05, 3.63) is 108 Å². The molecule has 8 heteroatoms. The summed E-state index contributed by atoms with van der Waals surface area (Å²) < 4.78 is 15.5. The molecule has 4 aromatic rings. The van der Waals surface area contributed by atoms with Gasteiger partial charge in [-0.05, 0) is 48.9 Å². The summed E-state index contributed by atoms with van der Waals surface area (Å²) in [7, 11) is 3.39. The van der Waals surface area contributed by atoms with E-state index < -0.39 is 0 Å². The van der Waals surface area contributed by atoms with Crippen molar-refractivity contribution >= 4 is 11.4 Å². The topological polar surface area (TPSA) is 32.7 Å². The highest BCUT2D eigenvalue weighted by atomic mass is 79.9.